The van der Waals surface area contributed by atoms with Crippen LogP contribution in [0.25, 0.3) is 11.1 Å². The molecular weight excluding hydrogens is 627 g/mol. The lowest BCUT2D eigenvalue weighted by molar-refractivity contribution is -0.122. The van der Waals surface area contributed by atoms with E-state index in [1.165, 1.54) is 16.7 Å². The maximum absolute atomic E-state index is 11.8. The van der Waals surface area contributed by atoms with Crippen molar-refractivity contribution in [3.8, 4) is 29.2 Å². The number of aromatic hydroxyl groups is 1. The number of nitrogens with zero attached hydrogens (tertiary/aromatic N) is 1. The molecule has 4 nitrogen and oxygen atoms in total. The Balaban J connectivity index is 0.000000361. The van der Waals surface area contributed by atoms with Crippen LogP contribution in [0.1, 0.15) is 101 Å². The van der Waals surface area contributed by atoms with Gasteiger partial charge < -0.3 is 5.11 Å². The number of ketones is 2. The summed E-state index contributed by atoms with van der Waals surface area (Å²) in [6, 6.07) is 39.6. The summed E-state index contributed by atoms with van der Waals surface area (Å²) in [4.78, 5) is 27.1. The van der Waals surface area contributed by atoms with E-state index < -0.39 is 0 Å². The zero-order valence-electron chi connectivity index (χ0n) is 29.1. The smallest absolute Gasteiger partial charge is 0.159 e. The minimum Gasteiger partial charge on any atom is -0.508 e. The summed E-state index contributed by atoms with van der Waals surface area (Å²) in [5, 5.41) is 9.24. The van der Waals surface area contributed by atoms with E-state index in [4.69, 9.17) is 0 Å². The summed E-state index contributed by atoms with van der Waals surface area (Å²) in [6.07, 6.45) is 12.3. The van der Waals surface area contributed by atoms with Gasteiger partial charge in [-0.3, -0.25) is 14.6 Å². The second-order valence-corrected chi connectivity index (χ2v) is 12.2. The molecular formula is C47H55NO3. The number of carbonyl (C=O) groups excluding carboxylic acids is 2. The van der Waals surface area contributed by atoms with Gasteiger partial charge in [0, 0.05) is 29.4 Å². The molecule has 1 heterocycles. The van der Waals surface area contributed by atoms with Crippen molar-refractivity contribution < 1.29 is 14.7 Å². The van der Waals surface area contributed by atoms with Crippen molar-refractivity contribution in [2.75, 3.05) is 0 Å². The number of terminal acetylenes is 1. The number of aromatic nitrogens is 1. The summed E-state index contributed by atoms with van der Waals surface area (Å²) < 4.78 is 0. The molecule has 0 aliphatic heterocycles. The first-order valence-electron chi connectivity index (χ1n) is 16.6. The van der Waals surface area contributed by atoms with Crippen molar-refractivity contribution in [1.82, 2.24) is 4.98 Å². The molecule has 1 aliphatic rings. The molecule has 266 valence electrons. The van der Waals surface area contributed by atoms with Crippen LogP contribution in [-0.2, 0) is 10.2 Å². The first-order valence-corrected chi connectivity index (χ1v) is 16.6. The van der Waals surface area contributed by atoms with Crippen LogP contribution >= 0.6 is 0 Å². The zero-order valence-corrected chi connectivity index (χ0v) is 29.1. The van der Waals surface area contributed by atoms with Gasteiger partial charge in [-0.05, 0) is 87.1 Å². The second-order valence-electron chi connectivity index (χ2n) is 12.2. The quantitative estimate of drug-likeness (QED) is 0.105. The third-order valence-electron chi connectivity index (χ3n) is 8.57. The summed E-state index contributed by atoms with van der Waals surface area (Å²) in [5.74, 6) is 3.16. The molecule has 0 radical (unpaired) electrons. The Bertz CT molecular complexity index is 1760. The fraction of sp³-hybridized carbons (Fsp3) is 0.255. The summed E-state index contributed by atoms with van der Waals surface area (Å²) in [7, 11) is 0. The van der Waals surface area contributed by atoms with E-state index in [0.29, 0.717) is 5.92 Å². The number of phenolic OH excluding ortho intramolecular Hbond substituents is 1. The first-order chi connectivity index (χ1) is 23.6. The van der Waals surface area contributed by atoms with E-state index in [2.05, 4.69) is 79.4 Å². The Labute approximate surface area is 307 Å². The van der Waals surface area contributed by atoms with Crippen LogP contribution in [0.3, 0.4) is 0 Å². The molecule has 1 aromatic heterocycles. The fourth-order valence-corrected chi connectivity index (χ4v) is 6.11. The highest BCUT2D eigenvalue weighted by Crippen LogP contribution is 2.42. The Morgan fingerprint density at radius 1 is 0.765 bits per heavy atom. The van der Waals surface area contributed by atoms with Gasteiger partial charge in [0.1, 0.15) is 11.5 Å². The molecule has 0 saturated heterocycles. The van der Waals surface area contributed by atoms with Gasteiger partial charge in [0.05, 0.1) is 5.41 Å². The van der Waals surface area contributed by atoms with E-state index in [9.17, 15) is 14.7 Å². The Kier molecular flexibility index (Phi) is 19.0. The monoisotopic (exact) mass is 681 g/mol. The van der Waals surface area contributed by atoms with E-state index in [1.54, 1.807) is 45.3 Å². The molecule has 4 aromatic carbocycles. The molecule has 1 fully saturated rings. The van der Waals surface area contributed by atoms with Gasteiger partial charge in [-0.1, -0.05) is 137 Å². The summed E-state index contributed by atoms with van der Waals surface area (Å²) >= 11 is 0. The summed E-state index contributed by atoms with van der Waals surface area (Å²) in [6.45, 7) is 11.1. The fourth-order valence-electron chi connectivity index (χ4n) is 6.11. The second kappa shape index (κ2) is 22.2. The summed E-state index contributed by atoms with van der Waals surface area (Å²) in [5.41, 5.74) is 7.37. The Morgan fingerprint density at radius 2 is 1.27 bits per heavy atom. The number of allylic oxidation sites excluding steroid dienone is 1. The number of hydrogen-bond acceptors (Lipinski definition) is 4. The lowest BCUT2D eigenvalue weighted by Gasteiger charge is -2.26. The third-order valence-corrected chi connectivity index (χ3v) is 8.57. The highest BCUT2D eigenvalue weighted by molar-refractivity contribution is 5.95. The van der Waals surface area contributed by atoms with E-state index in [0.717, 1.165) is 47.9 Å². The highest BCUT2D eigenvalue weighted by Gasteiger charge is 2.39. The largest absolute Gasteiger partial charge is 0.508 e. The molecule has 51 heavy (non-hydrogen) atoms. The molecule has 0 unspecified atom stereocenters. The van der Waals surface area contributed by atoms with Gasteiger partial charge in [-0.15, -0.1) is 12.3 Å². The van der Waals surface area contributed by atoms with Gasteiger partial charge >= 0.3 is 0 Å². The van der Waals surface area contributed by atoms with E-state index >= 15 is 0 Å². The van der Waals surface area contributed by atoms with Gasteiger partial charge in [0.25, 0.3) is 0 Å². The van der Waals surface area contributed by atoms with Crippen molar-refractivity contribution in [1.29, 1.82) is 0 Å². The number of rotatable bonds is 7. The lowest BCUT2D eigenvalue weighted by Crippen LogP contribution is -2.30. The molecule has 1 N–H and O–H groups in total. The predicted octanol–water partition coefficient (Wildman–Crippen LogP) is 12.1. The van der Waals surface area contributed by atoms with Crippen LogP contribution in [0.4, 0.5) is 0 Å². The van der Waals surface area contributed by atoms with Gasteiger partial charge in [-0.25, -0.2) is 0 Å². The lowest BCUT2D eigenvalue weighted by atomic mass is 9.76. The maximum Gasteiger partial charge on any atom is 0.159 e. The number of pyridine rings is 1. The first kappa shape index (κ1) is 43.5. The molecule has 0 atom stereocenters. The minimum absolute atomic E-state index is 0. The van der Waals surface area contributed by atoms with Crippen LogP contribution < -0.4 is 0 Å². The molecule has 1 aliphatic carbocycles. The molecule has 5 aromatic rings. The van der Waals surface area contributed by atoms with Crippen molar-refractivity contribution in [3.05, 3.63) is 168 Å². The van der Waals surface area contributed by atoms with Crippen LogP contribution in [0.5, 0.6) is 5.75 Å². The van der Waals surface area contributed by atoms with Crippen molar-refractivity contribution in [2.45, 2.75) is 79.6 Å². The minimum atomic E-state index is -0.270. The molecule has 1 saturated carbocycles. The number of benzene rings is 4. The van der Waals surface area contributed by atoms with Gasteiger partial charge in [0.2, 0.25) is 0 Å². The Hall–Kier alpha value is -5.53. The van der Waals surface area contributed by atoms with Crippen LogP contribution in [0, 0.1) is 12.3 Å². The van der Waals surface area contributed by atoms with Crippen molar-refractivity contribution >= 4 is 11.6 Å². The molecule has 0 spiro atoms. The average Bonchev–Trinajstić information content (AvgIpc) is 3.63. The average molecular weight is 682 g/mol. The SMILES string of the molecule is C.C.C#CC.C=C(C)C(c1ccccc1)c1ccccc1.CC(=O)C1(c2ccc(O)cc2)CCCC1.CC(=O)c1cccc(-c2cccnc2)c1. The predicted molar refractivity (Wildman–Crippen MR) is 216 cm³/mol. The molecule has 0 amide bonds. The van der Waals surface area contributed by atoms with Crippen molar-refractivity contribution in [3.63, 3.8) is 0 Å². The zero-order chi connectivity index (χ0) is 35.6. The maximum atomic E-state index is 11.8. The van der Waals surface area contributed by atoms with Gasteiger partial charge in [0.15, 0.2) is 5.78 Å². The molecule has 0 bridgehead atoms. The van der Waals surface area contributed by atoms with E-state index in [-0.39, 0.29) is 37.6 Å². The van der Waals surface area contributed by atoms with Crippen LogP contribution in [-0.4, -0.2) is 21.7 Å². The number of Topliss-reactive ketones (excluding diaryl/α,β-unsaturated/α-hetero) is 2. The molecule has 6 rings (SSSR count). The number of carbonyl (C=O) groups is 2. The van der Waals surface area contributed by atoms with E-state index in [1.807, 2.05) is 60.7 Å². The van der Waals surface area contributed by atoms with Crippen LogP contribution in [0.2, 0.25) is 0 Å². The standard InChI is InChI=1S/C16H16.C13H11NO.C13H16O2.C3H4.2CH4/c1-13(2)16(14-9-5-3-6-10-14)15-11-7-4-8-12-15;1-10(15)11-4-2-5-12(8-11)13-6-3-7-14-9-13;1-10(14)13(8-2-3-9-13)11-4-6-12(15)7-5-11;1-3-2;;/h3-12,16H,1H2,2H3;2-9H,1H3;4-7,15H,2-3,8-9H2,1H3;1H,2H3;2*1H4. The van der Waals surface area contributed by atoms with Crippen LogP contribution in [0.15, 0.2) is 146 Å². The Morgan fingerprint density at radius 3 is 1.71 bits per heavy atom. The number of hydrogen-bond donors (Lipinski definition) is 1. The third kappa shape index (κ3) is 12.7. The van der Waals surface area contributed by atoms with Gasteiger partial charge in [-0.2, -0.15) is 0 Å². The topological polar surface area (TPSA) is 67.3 Å². The normalized spacial score (nSPS) is 11.9. The number of phenols is 1. The van der Waals surface area contributed by atoms with Crippen molar-refractivity contribution in [2.24, 2.45) is 0 Å². The highest BCUT2D eigenvalue weighted by atomic mass is 16.3. The molecule has 4 heteroatoms.